The van der Waals surface area contributed by atoms with Crippen LogP contribution in [0.3, 0.4) is 0 Å². The van der Waals surface area contributed by atoms with Gasteiger partial charge in [-0.1, -0.05) is 19.3 Å². The van der Waals surface area contributed by atoms with E-state index in [9.17, 15) is 0 Å². The van der Waals surface area contributed by atoms with Crippen LogP contribution in [-0.2, 0) is 0 Å². The first kappa shape index (κ1) is 11.2. The van der Waals surface area contributed by atoms with Gasteiger partial charge in [-0.2, -0.15) is 23.5 Å². The van der Waals surface area contributed by atoms with Crippen molar-refractivity contribution in [1.29, 1.82) is 0 Å². The molecule has 1 N–H and O–H groups in total. The van der Waals surface area contributed by atoms with Gasteiger partial charge >= 0.3 is 0 Å². The highest BCUT2D eigenvalue weighted by Gasteiger charge is 2.17. The van der Waals surface area contributed by atoms with Gasteiger partial charge in [-0.3, -0.25) is 0 Å². The third kappa shape index (κ3) is 3.67. The van der Waals surface area contributed by atoms with Gasteiger partial charge in [0.05, 0.1) is 0 Å². The first-order valence-corrected chi connectivity index (χ1v) is 8.08. The zero-order valence-electron chi connectivity index (χ0n) is 8.84. The van der Waals surface area contributed by atoms with Crippen LogP contribution in [0.2, 0.25) is 0 Å². The van der Waals surface area contributed by atoms with Crippen LogP contribution < -0.4 is 5.32 Å². The molecular formula is C11H21NS2. The van der Waals surface area contributed by atoms with Gasteiger partial charge in [0.1, 0.15) is 0 Å². The Kier molecular flexibility index (Phi) is 5.01. The molecule has 0 aromatic carbocycles. The van der Waals surface area contributed by atoms with Crippen LogP contribution in [0.1, 0.15) is 32.1 Å². The van der Waals surface area contributed by atoms with Gasteiger partial charge in [0.25, 0.3) is 0 Å². The van der Waals surface area contributed by atoms with Crippen LogP contribution in [-0.4, -0.2) is 35.1 Å². The summed E-state index contributed by atoms with van der Waals surface area (Å²) in [5.74, 6) is 4.09. The third-order valence-electron chi connectivity index (χ3n) is 3.12. The summed E-state index contributed by atoms with van der Waals surface area (Å²) in [6.07, 6.45) is 7.20. The van der Waals surface area contributed by atoms with Gasteiger partial charge < -0.3 is 5.32 Å². The van der Waals surface area contributed by atoms with E-state index in [4.69, 9.17) is 0 Å². The summed E-state index contributed by atoms with van der Waals surface area (Å²) in [6.45, 7) is 1.25. The standard InChI is InChI=1S/C11H21NS2/c1-2-4-10(5-3-1)12-8-11-9-13-6-7-14-11/h10-12H,1-9H2. The van der Waals surface area contributed by atoms with Gasteiger partial charge in [-0.05, 0) is 12.8 Å². The molecule has 1 heterocycles. The molecule has 2 aliphatic rings. The molecule has 1 unspecified atom stereocenters. The van der Waals surface area contributed by atoms with Crippen molar-refractivity contribution in [3.8, 4) is 0 Å². The average Bonchev–Trinajstić information content (AvgIpc) is 2.29. The maximum atomic E-state index is 3.76. The molecule has 2 rings (SSSR count). The zero-order chi connectivity index (χ0) is 9.64. The van der Waals surface area contributed by atoms with Crippen molar-refractivity contribution in [2.24, 2.45) is 0 Å². The summed E-state index contributed by atoms with van der Waals surface area (Å²) < 4.78 is 0. The van der Waals surface area contributed by atoms with Crippen LogP contribution in [0.5, 0.6) is 0 Å². The van der Waals surface area contributed by atoms with Crippen molar-refractivity contribution in [3.63, 3.8) is 0 Å². The summed E-state index contributed by atoms with van der Waals surface area (Å²) >= 11 is 4.30. The quantitative estimate of drug-likeness (QED) is 0.802. The Labute approximate surface area is 96.2 Å². The first-order chi connectivity index (χ1) is 6.95. The molecule has 0 radical (unpaired) electrons. The van der Waals surface area contributed by atoms with E-state index >= 15 is 0 Å². The van der Waals surface area contributed by atoms with E-state index in [2.05, 4.69) is 28.8 Å². The van der Waals surface area contributed by atoms with E-state index in [1.54, 1.807) is 0 Å². The largest absolute Gasteiger partial charge is 0.313 e. The number of hydrogen-bond donors (Lipinski definition) is 1. The second-order valence-electron chi connectivity index (χ2n) is 4.31. The molecule has 3 heteroatoms. The zero-order valence-corrected chi connectivity index (χ0v) is 10.5. The Morgan fingerprint density at radius 1 is 1.07 bits per heavy atom. The number of hydrogen-bond acceptors (Lipinski definition) is 3. The molecule has 1 aliphatic carbocycles. The molecule has 1 saturated carbocycles. The van der Waals surface area contributed by atoms with Gasteiger partial charge in [-0.15, -0.1) is 0 Å². The van der Waals surface area contributed by atoms with Crippen molar-refractivity contribution >= 4 is 23.5 Å². The molecule has 1 atom stereocenters. The number of nitrogens with one attached hydrogen (secondary N) is 1. The van der Waals surface area contributed by atoms with Gasteiger partial charge in [-0.25, -0.2) is 0 Å². The lowest BCUT2D eigenvalue weighted by Crippen LogP contribution is -2.37. The van der Waals surface area contributed by atoms with E-state index in [1.165, 1.54) is 55.9 Å². The molecular weight excluding hydrogens is 210 g/mol. The van der Waals surface area contributed by atoms with Crippen molar-refractivity contribution in [1.82, 2.24) is 5.32 Å². The molecule has 1 nitrogen and oxygen atoms in total. The topological polar surface area (TPSA) is 12.0 Å². The number of rotatable bonds is 3. The minimum absolute atomic E-state index is 0.844. The summed E-state index contributed by atoms with van der Waals surface area (Å²) in [4.78, 5) is 0. The van der Waals surface area contributed by atoms with Gasteiger partial charge in [0.2, 0.25) is 0 Å². The van der Waals surface area contributed by atoms with Gasteiger partial charge in [0, 0.05) is 35.1 Å². The molecule has 82 valence electrons. The van der Waals surface area contributed by atoms with Crippen molar-refractivity contribution in [3.05, 3.63) is 0 Å². The van der Waals surface area contributed by atoms with Gasteiger partial charge in [0.15, 0.2) is 0 Å². The maximum absolute atomic E-state index is 3.76. The minimum atomic E-state index is 0.844. The Morgan fingerprint density at radius 2 is 1.93 bits per heavy atom. The monoisotopic (exact) mass is 231 g/mol. The molecule has 2 fully saturated rings. The van der Waals surface area contributed by atoms with Crippen LogP contribution in [0.25, 0.3) is 0 Å². The lowest BCUT2D eigenvalue weighted by Gasteiger charge is -2.27. The molecule has 0 aromatic rings. The molecule has 0 spiro atoms. The fraction of sp³-hybridized carbons (Fsp3) is 1.00. The van der Waals surface area contributed by atoms with E-state index in [1.807, 2.05) is 0 Å². The SMILES string of the molecule is C1CCC(NCC2CSCCS2)CC1. The van der Waals surface area contributed by atoms with E-state index < -0.39 is 0 Å². The van der Waals surface area contributed by atoms with Crippen LogP contribution in [0.15, 0.2) is 0 Å². The summed E-state index contributed by atoms with van der Waals surface area (Å²) in [7, 11) is 0. The predicted molar refractivity (Wildman–Crippen MR) is 68.4 cm³/mol. The Hall–Kier alpha value is 0.660. The molecule has 14 heavy (non-hydrogen) atoms. The molecule has 0 aromatic heterocycles. The van der Waals surface area contributed by atoms with Crippen molar-refractivity contribution in [2.75, 3.05) is 23.8 Å². The molecule has 0 bridgehead atoms. The third-order valence-corrected chi connectivity index (χ3v) is 5.97. The predicted octanol–water partition coefficient (Wildman–Crippen LogP) is 2.76. The Morgan fingerprint density at radius 3 is 2.64 bits per heavy atom. The second-order valence-corrected chi connectivity index (χ2v) is 6.87. The smallest absolute Gasteiger partial charge is 0.0263 e. The highest BCUT2D eigenvalue weighted by atomic mass is 32.2. The first-order valence-electron chi connectivity index (χ1n) is 5.88. The van der Waals surface area contributed by atoms with Crippen molar-refractivity contribution in [2.45, 2.75) is 43.4 Å². The van der Waals surface area contributed by atoms with Crippen LogP contribution in [0.4, 0.5) is 0 Å². The maximum Gasteiger partial charge on any atom is 0.0263 e. The fourth-order valence-corrected chi connectivity index (χ4v) is 4.88. The van der Waals surface area contributed by atoms with Crippen LogP contribution in [0, 0.1) is 0 Å². The summed E-state index contributed by atoms with van der Waals surface area (Å²) in [6, 6.07) is 0.844. The Balaban J connectivity index is 1.60. The van der Waals surface area contributed by atoms with Crippen molar-refractivity contribution < 1.29 is 0 Å². The second kappa shape index (κ2) is 6.29. The normalized spacial score (nSPS) is 30.4. The summed E-state index contributed by atoms with van der Waals surface area (Å²) in [5, 5.41) is 4.64. The van der Waals surface area contributed by atoms with Crippen LogP contribution >= 0.6 is 23.5 Å². The molecule has 0 amide bonds. The van der Waals surface area contributed by atoms with E-state index in [0.717, 1.165) is 11.3 Å². The lowest BCUT2D eigenvalue weighted by atomic mass is 9.95. The van der Waals surface area contributed by atoms with E-state index in [-0.39, 0.29) is 0 Å². The minimum Gasteiger partial charge on any atom is -0.313 e. The average molecular weight is 231 g/mol. The molecule has 1 aliphatic heterocycles. The molecule has 1 saturated heterocycles. The Bertz CT molecular complexity index is 133. The highest BCUT2D eigenvalue weighted by molar-refractivity contribution is 8.06. The lowest BCUT2D eigenvalue weighted by molar-refractivity contribution is 0.376. The fourth-order valence-electron chi connectivity index (χ4n) is 2.26. The number of thioether (sulfide) groups is 2. The highest BCUT2D eigenvalue weighted by Crippen LogP contribution is 2.24. The summed E-state index contributed by atoms with van der Waals surface area (Å²) in [5.41, 5.74) is 0. The van der Waals surface area contributed by atoms with E-state index in [0.29, 0.717) is 0 Å².